The number of likely N-dealkylation sites (N-methyl/N-ethyl adjacent to an activating group) is 1. The van der Waals surface area contributed by atoms with Crippen molar-refractivity contribution in [3.8, 4) is 5.75 Å². The summed E-state index contributed by atoms with van der Waals surface area (Å²) in [7, 11) is 2.15. The van der Waals surface area contributed by atoms with Crippen LogP contribution < -0.4 is 10.1 Å². The van der Waals surface area contributed by atoms with Crippen LogP contribution in [0.15, 0.2) is 42.7 Å². The van der Waals surface area contributed by atoms with E-state index in [2.05, 4.69) is 29.2 Å². The van der Waals surface area contributed by atoms with Gasteiger partial charge < -0.3 is 29.7 Å². The molecule has 1 aliphatic carbocycles. The van der Waals surface area contributed by atoms with Gasteiger partial charge in [0.2, 0.25) is 0 Å². The Bertz CT molecular complexity index is 1140. The molecule has 1 aromatic carbocycles. The normalized spacial score (nSPS) is 23.3. The summed E-state index contributed by atoms with van der Waals surface area (Å²) in [6.45, 7) is 8.76. The van der Waals surface area contributed by atoms with Crippen molar-refractivity contribution in [3.05, 3.63) is 53.9 Å². The number of benzene rings is 1. The van der Waals surface area contributed by atoms with Crippen molar-refractivity contribution < 1.29 is 24.2 Å². The molecule has 2 amide bonds. The van der Waals surface area contributed by atoms with Crippen LogP contribution in [0.25, 0.3) is 0 Å². The van der Waals surface area contributed by atoms with Crippen molar-refractivity contribution in [3.63, 3.8) is 0 Å². The van der Waals surface area contributed by atoms with Crippen LogP contribution in [-0.2, 0) is 4.74 Å². The maximum absolute atomic E-state index is 14.2. The van der Waals surface area contributed by atoms with Crippen molar-refractivity contribution in [1.29, 1.82) is 0 Å². The maximum atomic E-state index is 14.2. The van der Waals surface area contributed by atoms with E-state index in [1.54, 1.807) is 47.6 Å². The number of hydrogen-bond donors (Lipinski definition) is 2. The van der Waals surface area contributed by atoms with Gasteiger partial charge in [-0.15, -0.1) is 0 Å². The van der Waals surface area contributed by atoms with Gasteiger partial charge in [-0.1, -0.05) is 6.92 Å². The van der Waals surface area contributed by atoms with Crippen molar-refractivity contribution in [2.75, 3.05) is 45.2 Å². The molecule has 9 nitrogen and oxygen atoms in total. The minimum atomic E-state index is -0.414. The highest BCUT2D eigenvalue weighted by molar-refractivity contribution is 6.05. The number of nitrogens with one attached hydrogen (secondary N) is 1. The van der Waals surface area contributed by atoms with E-state index in [1.807, 2.05) is 13.8 Å². The van der Waals surface area contributed by atoms with E-state index in [0.717, 1.165) is 38.3 Å². The quantitative estimate of drug-likeness (QED) is 0.486. The Balaban J connectivity index is 1.62. The molecule has 0 unspecified atom stereocenters. The molecule has 2 heterocycles. The summed E-state index contributed by atoms with van der Waals surface area (Å²) in [5.74, 6) is 0.756. The number of aliphatic hydroxyl groups excluding tert-OH is 1. The first-order chi connectivity index (χ1) is 19.7. The van der Waals surface area contributed by atoms with Crippen LogP contribution >= 0.6 is 0 Å². The molecule has 224 valence electrons. The number of pyridine rings is 1. The number of carbonyl (C=O) groups excluding carboxylic acids is 2. The van der Waals surface area contributed by atoms with Crippen LogP contribution in [0.5, 0.6) is 5.75 Å². The molecule has 2 aromatic rings. The lowest BCUT2D eigenvalue weighted by molar-refractivity contribution is -0.0172. The molecule has 2 aliphatic rings. The largest absolute Gasteiger partial charge is 0.490 e. The zero-order valence-corrected chi connectivity index (χ0v) is 24.9. The van der Waals surface area contributed by atoms with E-state index in [9.17, 15) is 14.7 Å². The van der Waals surface area contributed by atoms with Gasteiger partial charge in [0.1, 0.15) is 5.75 Å². The Morgan fingerprint density at radius 3 is 2.61 bits per heavy atom. The third-order valence-corrected chi connectivity index (χ3v) is 8.01. The fraction of sp³-hybridized carbons (Fsp3) is 0.594. The van der Waals surface area contributed by atoms with Gasteiger partial charge in [0.15, 0.2) is 0 Å². The van der Waals surface area contributed by atoms with Gasteiger partial charge in [0.25, 0.3) is 11.8 Å². The Labute approximate surface area is 244 Å². The molecule has 0 radical (unpaired) electrons. The third-order valence-electron chi connectivity index (χ3n) is 8.01. The van der Waals surface area contributed by atoms with Crippen molar-refractivity contribution in [2.45, 2.75) is 71.1 Å². The maximum Gasteiger partial charge on any atom is 0.258 e. The van der Waals surface area contributed by atoms with Crippen molar-refractivity contribution >= 4 is 17.5 Å². The second kappa shape index (κ2) is 14.8. The molecule has 1 aromatic heterocycles. The summed E-state index contributed by atoms with van der Waals surface area (Å²) in [4.78, 5) is 35.1. The number of nitrogens with zero attached hydrogens (tertiary/aromatic N) is 3. The highest BCUT2D eigenvalue weighted by atomic mass is 16.5. The van der Waals surface area contributed by atoms with Crippen LogP contribution in [0, 0.1) is 11.8 Å². The van der Waals surface area contributed by atoms with Gasteiger partial charge in [-0.3, -0.25) is 14.6 Å². The zero-order chi connectivity index (χ0) is 29.4. The van der Waals surface area contributed by atoms with Gasteiger partial charge in [-0.2, -0.15) is 0 Å². The average molecular weight is 567 g/mol. The SMILES string of the molecule is C[C@@H]1CCCCO[C@@H](CN(C)CC2CC2)[C@H](C)CN([C@@H](C)CO)C(=O)c2cc(NC(=O)c3ccncc3)ccc2O1. The second-order valence-corrected chi connectivity index (χ2v) is 11.9. The Morgan fingerprint density at radius 2 is 1.90 bits per heavy atom. The molecule has 0 bridgehead atoms. The van der Waals surface area contributed by atoms with E-state index >= 15 is 0 Å². The number of carbonyl (C=O) groups is 2. The molecular weight excluding hydrogens is 520 g/mol. The lowest BCUT2D eigenvalue weighted by atomic mass is 10.0. The number of aliphatic hydroxyl groups is 1. The van der Waals surface area contributed by atoms with E-state index in [0.29, 0.717) is 35.7 Å². The summed E-state index contributed by atoms with van der Waals surface area (Å²) in [5, 5.41) is 13.0. The minimum Gasteiger partial charge on any atom is -0.490 e. The minimum absolute atomic E-state index is 0.0374. The number of rotatable bonds is 8. The van der Waals surface area contributed by atoms with Crippen LogP contribution in [-0.4, -0.2) is 89.9 Å². The molecule has 1 saturated carbocycles. The molecule has 2 N–H and O–H groups in total. The summed E-state index contributed by atoms with van der Waals surface area (Å²) in [6.07, 6.45) is 8.30. The van der Waals surface area contributed by atoms with E-state index < -0.39 is 6.04 Å². The predicted molar refractivity (Wildman–Crippen MR) is 159 cm³/mol. The number of aromatic nitrogens is 1. The molecule has 1 fully saturated rings. The fourth-order valence-electron chi connectivity index (χ4n) is 5.29. The molecule has 41 heavy (non-hydrogen) atoms. The lowest BCUT2D eigenvalue weighted by Crippen LogP contribution is -2.47. The number of amides is 2. The Morgan fingerprint density at radius 1 is 1.15 bits per heavy atom. The van der Waals surface area contributed by atoms with Crippen molar-refractivity contribution in [2.24, 2.45) is 11.8 Å². The van der Waals surface area contributed by atoms with Crippen LogP contribution in [0.1, 0.15) is 73.6 Å². The second-order valence-electron chi connectivity index (χ2n) is 11.9. The number of hydrogen-bond acceptors (Lipinski definition) is 7. The van der Waals surface area contributed by atoms with Crippen LogP contribution in [0.4, 0.5) is 5.69 Å². The monoisotopic (exact) mass is 566 g/mol. The average Bonchev–Trinajstić information content (AvgIpc) is 3.78. The summed E-state index contributed by atoms with van der Waals surface area (Å²) >= 11 is 0. The van der Waals surface area contributed by atoms with Gasteiger partial charge >= 0.3 is 0 Å². The molecule has 4 rings (SSSR count). The molecule has 0 spiro atoms. The van der Waals surface area contributed by atoms with Gasteiger partial charge in [0, 0.05) is 55.8 Å². The topological polar surface area (TPSA) is 104 Å². The highest BCUT2D eigenvalue weighted by Crippen LogP contribution is 2.31. The summed E-state index contributed by atoms with van der Waals surface area (Å²) in [5.41, 5.74) is 1.32. The van der Waals surface area contributed by atoms with Crippen molar-refractivity contribution in [1.82, 2.24) is 14.8 Å². The lowest BCUT2D eigenvalue weighted by Gasteiger charge is -2.36. The number of anilines is 1. The molecule has 9 heteroatoms. The third kappa shape index (κ3) is 8.99. The van der Waals surface area contributed by atoms with Gasteiger partial charge in [0.05, 0.1) is 30.4 Å². The van der Waals surface area contributed by atoms with E-state index in [-0.39, 0.29) is 36.5 Å². The summed E-state index contributed by atoms with van der Waals surface area (Å²) in [6, 6.07) is 8.04. The molecular formula is C32H46N4O5. The van der Waals surface area contributed by atoms with Crippen LogP contribution in [0.3, 0.4) is 0 Å². The Kier molecular flexibility index (Phi) is 11.1. The van der Waals surface area contributed by atoms with Gasteiger partial charge in [-0.05, 0) is 89.2 Å². The zero-order valence-electron chi connectivity index (χ0n) is 24.9. The van der Waals surface area contributed by atoms with Crippen LogP contribution in [0.2, 0.25) is 0 Å². The highest BCUT2D eigenvalue weighted by Gasteiger charge is 2.31. The smallest absolute Gasteiger partial charge is 0.258 e. The molecule has 1 aliphatic heterocycles. The van der Waals surface area contributed by atoms with E-state index in [4.69, 9.17) is 9.47 Å². The number of fused-ring (bicyclic) bond motifs is 1. The first kappa shape index (κ1) is 30.9. The summed E-state index contributed by atoms with van der Waals surface area (Å²) < 4.78 is 12.7. The first-order valence-corrected chi connectivity index (χ1v) is 15.0. The fourth-order valence-corrected chi connectivity index (χ4v) is 5.29. The molecule has 0 saturated heterocycles. The first-order valence-electron chi connectivity index (χ1n) is 15.0. The number of ether oxygens (including phenoxy) is 2. The molecule has 4 atom stereocenters. The van der Waals surface area contributed by atoms with Gasteiger partial charge in [-0.25, -0.2) is 0 Å². The Hall–Kier alpha value is -3.01. The standard InChI is InChI=1S/C32H46N4O5/c1-22-18-36(23(2)21-37)32(39)28-17-27(34-31(38)26-12-14-33-15-13-26)10-11-29(28)41-24(3)7-5-6-16-40-30(22)20-35(4)19-25-8-9-25/h10-15,17,22-25,30,37H,5-9,16,18-21H2,1-4H3,(H,34,38)/t22-,23+,24-,30+/m1/s1. The predicted octanol–water partition coefficient (Wildman–Crippen LogP) is 4.47. The van der Waals surface area contributed by atoms with E-state index in [1.165, 1.54) is 12.8 Å².